The minimum absolute atomic E-state index is 0.0734. The standard InChI is InChI=1S/C9H18N2O/c1-9(2,3)11-5-4-7(6-11)8(10)12/h7H,4-6H2,1-3H3,(H2,10,12). The molecule has 2 N–H and O–H groups in total. The Morgan fingerprint density at radius 3 is 2.33 bits per heavy atom. The maximum atomic E-state index is 10.9. The van der Waals surface area contributed by atoms with Gasteiger partial charge in [-0.25, -0.2) is 0 Å². The summed E-state index contributed by atoms with van der Waals surface area (Å²) in [7, 11) is 0. The molecular formula is C9H18N2O. The highest BCUT2D eigenvalue weighted by atomic mass is 16.1. The Labute approximate surface area is 73.9 Å². The average Bonchev–Trinajstić information content (AvgIpc) is 2.30. The fourth-order valence-electron chi connectivity index (χ4n) is 1.60. The van der Waals surface area contributed by atoms with Gasteiger partial charge < -0.3 is 5.73 Å². The Hall–Kier alpha value is -0.570. The van der Waals surface area contributed by atoms with Crippen molar-refractivity contribution in [3.8, 4) is 0 Å². The summed E-state index contributed by atoms with van der Waals surface area (Å²) in [5, 5.41) is 0. The van der Waals surface area contributed by atoms with Gasteiger partial charge in [0.25, 0.3) is 0 Å². The second-order valence-electron chi connectivity index (χ2n) is 4.50. The molecule has 3 nitrogen and oxygen atoms in total. The molecule has 1 atom stereocenters. The van der Waals surface area contributed by atoms with Crippen LogP contribution in [0.3, 0.4) is 0 Å². The number of hydrogen-bond acceptors (Lipinski definition) is 2. The highest BCUT2D eigenvalue weighted by molar-refractivity contribution is 5.77. The number of primary amides is 1. The lowest BCUT2D eigenvalue weighted by atomic mass is 10.1. The minimum atomic E-state index is -0.151. The van der Waals surface area contributed by atoms with Gasteiger partial charge in [-0.1, -0.05) is 0 Å². The molecule has 12 heavy (non-hydrogen) atoms. The predicted octanol–water partition coefficient (Wildman–Crippen LogP) is 0.592. The molecule has 70 valence electrons. The topological polar surface area (TPSA) is 46.3 Å². The number of rotatable bonds is 1. The van der Waals surface area contributed by atoms with E-state index in [4.69, 9.17) is 5.73 Å². The van der Waals surface area contributed by atoms with E-state index in [0.29, 0.717) is 0 Å². The Morgan fingerprint density at radius 2 is 2.08 bits per heavy atom. The Kier molecular flexibility index (Phi) is 2.42. The molecule has 0 spiro atoms. The molecule has 3 heteroatoms. The summed E-state index contributed by atoms with van der Waals surface area (Å²) >= 11 is 0. The highest BCUT2D eigenvalue weighted by Crippen LogP contribution is 2.23. The molecule has 0 saturated carbocycles. The summed E-state index contributed by atoms with van der Waals surface area (Å²) in [4.78, 5) is 13.2. The van der Waals surface area contributed by atoms with Crippen molar-refractivity contribution in [2.45, 2.75) is 32.7 Å². The van der Waals surface area contributed by atoms with Gasteiger partial charge in [-0.3, -0.25) is 9.69 Å². The maximum absolute atomic E-state index is 10.9. The number of amides is 1. The SMILES string of the molecule is CC(C)(C)N1CCC(C(N)=O)C1. The molecular weight excluding hydrogens is 152 g/mol. The zero-order valence-electron chi connectivity index (χ0n) is 8.13. The van der Waals surface area contributed by atoms with E-state index in [9.17, 15) is 4.79 Å². The second kappa shape index (κ2) is 3.05. The van der Waals surface area contributed by atoms with Crippen LogP contribution in [0.25, 0.3) is 0 Å². The van der Waals surface area contributed by atoms with Crippen molar-refractivity contribution in [1.82, 2.24) is 4.90 Å². The van der Waals surface area contributed by atoms with Crippen molar-refractivity contribution in [3.63, 3.8) is 0 Å². The normalized spacial score (nSPS) is 26.1. The van der Waals surface area contributed by atoms with Crippen LogP contribution in [0.15, 0.2) is 0 Å². The van der Waals surface area contributed by atoms with Crippen molar-refractivity contribution in [2.24, 2.45) is 11.7 Å². The molecule has 1 unspecified atom stereocenters. The molecule has 1 aliphatic heterocycles. The largest absolute Gasteiger partial charge is 0.369 e. The number of carbonyl (C=O) groups excluding carboxylic acids is 1. The van der Waals surface area contributed by atoms with Crippen molar-refractivity contribution in [2.75, 3.05) is 13.1 Å². The summed E-state index contributed by atoms with van der Waals surface area (Å²) in [6.07, 6.45) is 0.923. The van der Waals surface area contributed by atoms with E-state index in [2.05, 4.69) is 25.7 Å². The molecule has 0 radical (unpaired) electrons. The van der Waals surface area contributed by atoms with Gasteiger partial charge in [-0.05, 0) is 33.7 Å². The van der Waals surface area contributed by atoms with E-state index in [1.54, 1.807) is 0 Å². The molecule has 0 aromatic heterocycles. The van der Waals surface area contributed by atoms with Crippen LogP contribution in [-0.2, 0) is 4.79 Å². The lowest BCUT2D eigenvalue weighted by molar-refractivity contribution is -0.121. The molecule has 0 aromatic carbocycles. The van der Waals surface area contributed by atoms with Crippen LogP contribution in [0.5, 0.6) is 0 Å². The van der Waals surface area contributed by atoms with Gasteiger partial charge in [0.15, 0.2) is 0 Å². The highest BCUT2D eigenvalue weighted by Gasteiger charge is 2.32. The van der Waals surface area contributed by atoms with Crippen LogP contribution in [0.2, 0.25) is 0 Å². The van der Waals surface area contributed by atoms with E-state index in [1.165, 1.54) is 0 Å². The number of likely N-dealkylation sites (tertiary alicyclic amines) is 1. The number of carbonyl (C=O) groups is 1. The molecule has 1 heterocycles. The summed E-state index contributed by atoms with van der Waals surface area (Å²) < 4.78 is 0. The van der Waals surface area contributed by atoms with Crippen LogP contribution in [0.4, 0.5) is 0 Å². The van der Waals surface area contributed by atoms with Crippen molar-refractivity contribution in [3.05, 3.63) is 0 Å². The van der Waals surface area contributed by atoms with Crippen LogP contribution in [0.1, 0.15) is 27.2 Å². The zero-order valence-corrected chi connectivity index (χ0v) is 8.13. The van der Waals surface area contributed by atoms with Gasteiger partial charge in [-0.15, -0.1) is 0 Å². The third-order valence-electron chi connectivity index (χ3n) is 2.54. The predicted molar refractivity (Wildman–Crippen MR) is 48.6 cm³/mol. The Morgan fingerprint density at radius 1 is 1.50 bits per heavy atom. The van der Waals surface area contributed by atoms with E-state index in [0.717, 1.165) is 19.5 Å². The fraction of sp³-hybridized carbons (Fsp3) is 0.889. The van der Waals surface area contributed by atoms with Gasteiger partial charge in [0.05, 0.1) is 5.92 Å². The average molecular weight is 170 g/mol. The van der Waals surface area contributed by atoms with Crippen LogP contribution < -0.4 is 5.73 Å². The molecule has 0 aromatic rings. The third kappa shape index (κ3) is 1.97. The second-order valence-corrected chi connectivity index (χ2v) is 4.50. The molecule has 1 saturated heterocycles. The molecule has 0 aliphatic carbocycles. The van der Waals surface area contributed by atoms with E-state index < -0.39 is 0 Å². The molecule has 1 rings (SSSR count). The molecule has 0 bridgehead atoms. The zero-order chi connectivity index (χ0) is 9.35. The summed E-state index contributed by atoms with van der Waals surface area (Å²) in [5.74, 6) is -0.0778. The van der Waals surface area contributed by atoms with Gasteiger partial charge in [0.2, 0.25) is 5.91 Å². The summed E-state index contributed by atoms with van der Waals surface area (Å²) in [5.41, 5.74) is 5.41. The van der Waals surface area contributed by atoms with E-state index >= 15 is 0 Å². The smallest absolute Gasteiger partial charge is 0.221 e. The van der Waals surface area contributed by atoms with E-state index in [-0.39, 0.29) is 17.4 Å². The monoisotopic (exact) mass is 170 g/mol. The molecule has 1 amide bonds. The maximum Gasteiger partial charge on any atom is 0.221 e. The van der Waals surface area contributed by atoms with Crippen LogP contribution >= 0.6 is 0 Å². The number of nitrogens with two attached hydrogens (primary N) is 1. The fourth-order valence-corrected chi connectivity index (χ4v) is 1.60. The third-order valence-corrected chi connectivity index (χ3v) is 2.54. The Bertz CT molecular complexity index is 183. The molecule has 1 aliphatic rings. The van der Waals surface area contributed by atoms with Crippen molar-refractivity contribution in [1.29, 1.82) is 0 Å². The first-order valence-corrected chi connectivity index (χ1v) is 4.45. The minimum Gasteiger partial charge on any atom is -0.369 e. The van der Waals surface area contributed by atoms with Crippen LogP contribution in [0, 0.1) is 5.92 Å². The molecule has 1 fully saturated rings. The number of nitrogens with zero attached hydrogens (tertiary/aromatic N) is 1. The first-order chi connectivity index (χ1) is 5.41. The van der Waals surface area contributed by atoms with Crippen molar-refractivity contribution < 1.29 is 4.79 Å². The Balaban J connectivity index is 2.51. The van der Waals surface area contributed by atoms with Crippen LogP contribution in [-0.4, -0.2) is 29.4 Å². The van der Waals surface area contributed by atoms with Gasteiger partial charge >= 0.3 is 0 Å². The first-order valence-electron chi connectivity index (χ1n) is 4.45. The van der Waals surface area contributed by atoms with Crippen molar-refractivity contribution >= 4 is 5.91 Å². The van der Waals surface area contributed by atoms with Gasteiger partial charge in [-0.2, -0.15) is 0 Å². The van der Waals surface area contributed by atoms with Gasteiger partial charge in [0, 0.05) is 12.1 Å². The first kappa shape index (κ1) is 9.52. The lowest BCUT2D eigenvalue weighted by Crippen LogP contribution is -2.40. The quantitative estimate of drug-likeness (QED) is 0.626. The summed E-state index contributed by atoms with van der Waals surface area (Å²) in [6, 6.07) is 0. The summed E-state index contributed by atoms with van der Waals surface area (Å²) in [6.45, 7) is 8.32. The lowest BCUT2D eigenvalue weighted by Gasteiger charge is -2.31. The van der Waals surface area contributed by atoms with Gasteiger partial charge in [0.1, 0.15) is 0 Å². The number of hydrogen-bond donors (Lipinski definition) is 1. The van der Waals surface area contributed by atoms with E-state index in [1.807, 2.05) is 0 Å².